The molecule has 2 fully saturated rings. The lowest BCUT2D eigenvalue weighted by atomic mass is 10.0. The van der Waals surface area contributed by atoms with Gasteiger partial charge in [0.15, 0.2) is 11.2 Å². The summed E-state index contributed by atoms with van der Waals surface area (Å²) < 4.78 is 23.0. The number of ether oxygens (including phenoxy) is 1. The Morgan fingerprint density at radius 2 is 1.89 bits per heavy atom. The number of nitriles is 1. The molecule has 0 bridgehead atoms. The number of likely N-dealkylation sites (tertiary alicyclic amines) is 2. The van der Waals surface area contributed by atoms with Crippen molar-refractivity contribution < 1.29 is 13.9 Å². The topological polar surface area (TPSA) is 126 Å². The monoisotopic (exact) mass is 606 g/mol. The van der Waals surface area contributed by atoms with E-state index in [0.717, 1.165) is 32.4 Å². The molecule has 6 rings (SSSR count). The van der Waals surface area contributed by atoms with Gasteiger partial charge in [0.2, 0.25) is 0 Å². The molecule has 10 nitrogen and oxygen atoms in total. The molecule has 0 aliphatic carbocycles. The summed E-state index contributed by atoms with van der Waals surface area (Å²) in [5.74, 6) is 0.204. The van der Waals surface area contributed by atoms with Crippen molar-refractivity contribution in [1.82, 2.24) is 29.5 Å². The summed E-state index contributed by atoms with van der Waals surface area (Å²) in [5.41, 5.74) is 9.92. The summed E-state index contributed by atoms with van der Waals surface area (Å²) >= 11 is 0. The normalized spacial score (nSPS) is 16.8. The molecule has 45 heavy (non-hydrogen) atoms. The number of aromatic nitrogens is 4. The van der Waals surface area contributed by atoms with Crippen LogP contribution in [0.3, 0.4) is 0 Å². The van der Waals surface area contributed by atoms with Crippen LogP contribution < -0.4 is 10.5 Å². The van der Waals surface area contributed by atoms with E-state index in [0.29, 0.717) is 41.2 Å². The summed E-state index contributed by atoms with van der Waals surface area (Å²) in [6, 6.07) is 15.5. The number of benzene rings is 2. The van der Waals surface area contributed by atoms with Crippen molar-refractivity contribution in [2.75, 3.05) is 25.4 Å². The molecule has 2 aromatic heterocycles. The number of anilines is 1. The molecule has 2 aliphatic heterocycles. The average molecular weight is 607 g/mol. The van der Waals surface area contributed by atoms with Crippen molar-refractivity contribution in [3.63, 3.8) is 0 Å². The van der Waals surface area contributed by atoms with E-state index in [9.17, 15) is 10.1 Å². The highest BCUT2D eigenvalue weighted by atomic mass is 19.1. The summed E-state index contributed by atoms with van der Waals surface area (Å²) in [5, 5.41) is 15.1. The first-order valence-electron chi connectivity index (χ1n) is 15.2. The number of carbonyl (C=O) groups excluding carboxylic acids is 1. The number of rotatable bonds is 8. The highest BCUT2D eigenvalue weighted by Crippen LogP contribution is 2.35. The van der Waals surface area contributed by atoms with Crippen LogP contribution >= 0.6 is 0 Å². The maximum atomic E-state index is 15.6. The Labute approximate surface area is 261 Å². The number of carbonyl (C=O) groups is 1. The largest absolute Gasteiger partial charge is 0.457 e. The second-order valence-corrected chi connectivity index (χ2v) is 12.0. The summed E-state index contributed by atoms with van der Waals surface area (Å²) in [7, 11) is 0. The van der Waals surface area contributed by atoms with Crippen LogP contribution in [0.4, 0.5) is 10.2 Å². The van der Waals surface area contributed by atoms with Gasteiger partial charge in [0, 0.05) is 23.7 Å². The first-order chi connectivity index (χ1) is 21.7. The van der Waals surface area contributed by atoms with Crippen LogP contribution in [0.25, 0.3) is 22.3 Å². The molecule has 1 amide bonds. The number of nitrogens with zero attached hydrogens (tertiary/aromatic N) is 7. The summed E-state index contributed by atoms with van der Waals surface area (Å²) in [6.07, 6.45) is 6.94. The Balaban J connectivity index is 1.28. The number of nitrogens with two attached hydrogens (primary N) is 1. The van der Waals surface area contributed by atoms with Crippen LogP contribution in [0.2, 0.25) is 0 Å². The minimum atomic E-state index is -0.539. The van der Waals surface area contributed by atoms with E-state index in [4.69, 9.17) is 15.6 Å². The van der Waals surface area contributed by atoms with Gasteiger partial charge in [-0.2, -0.15) is 10.4 Å². The SMILES string of the molecule is CC(C)(C=C=C(C#N)C(=O)N1CCC[C@H]1Cn1nc(-c2ccc(Oc3ccccc3)cc2F)c2c(N)ncnc21)N1CCCC1. The van der Waals surface area contributed by atoms with E-state index in [2.05, 4.69) is 40.5 Å². The third kappa shape index (κ3) is 6.16. The predicted octanol–water partition coefficient (Wildman–Crippen LogP) is 5.48. The van der Waals surface area contributed by atoms with Crippen LogP contribution in [-0.4, -0.2) is 66.7 Å². The lowest BCUT2D eigenvalue weighted by Gasteiger charge is -2.31. The highest BCUT2D eigenvalue weighted by molar-refractivity contribution is 5.99. The molecule has 4 aromatic rings. The van der Waals surface area contributed by atoms with E-state index in [1.54, 1.807) is 33.8 Å². The minimum absolute atomic E-state index is 0.0216. The van der Waals surface area contributed by atoms with Gasteiger partial charge in [-0.25, -0.2) is 19.0 Å². The Morgan fingerprint density at radius 3 is 2.62 bits per heavy atom. The number of nitrogen functional groups attached to an aromatic ring is 1. The summed E-state index contributed by atoms with van der Waals surface area (Å²) in [6.45, 7) is 6.91. The first-order valence-corrected chi connectivity index (χ1v) is 15.2. The van der Waals surface area contributed by atoms with Gasteiger partial charge < -0.3 is 15.4 Å². The van der Waals surface area contributed by atoms with E-state index in [1.807, 2.05) is 24.3 Å². The Hall–Kier alpha value is -5.04. The fraction of sp³-hybridized carbons (Fsp3) is 0.353. The molecule has 11 heteroatoms. The predicted molar refractivity (Wildman–Crippen MR) is 168 cm³/mol. The smallest absolute Gasteiger partial charge is 0.272 e. The van der Waals surface area contributed by atoms with Gasteiger partial charge in [-0.1, -0.05) is 23.9 Å². The molecule has 230 valence electrons. The standard InChI is InChI=1S/C34H35FN8O2/c1-34(2,41-16-6-7-17-41)15-14-23(20-36)33(44)42-18-8-9-24(42)21-43-32-29(31(37)38-22-39-32)30(40-43)27-13-12-26(19-28(27)35)45-25-10-4-3-5-11-25/h3-5,10-13,15,19,22,24H,6-9,16-18,21H2,1-2H3,(H2,37,38,39)/t14?,24-/m0/s1. The van der Waals surface area contributed by atoms with Gasteiger partial charge in [-0.05, 0) is 83.0 Å². The zero-order valence-electron chi connectivity index (χ0n) is 25.4. The fourth-order valence-corrected chi connectivity index (χ4v) is 6.13. The second kappa shape index (κ2) is 12.5. The number of amides is 1. The summed E-state index contributed by atoms with van der Waals surface area (Å²) in [4.78, 5) is 26.2. The number of hydrogen-bond acceptors (Lipinski definition) is 8. The lowest BCUT2D eigenvalue weighted by molar-refractivity contribution is -0.127. The molecule has 2 aromatic carbocycles. The zero-order valence-corrected chi connectivity index (χ0v) is 25.4. The number of halogens is 1. The fourth-order valence-electron chi connectivity index (χ4n) is 6.13. The van der Waals surface area contributed by atoms with Crippen molar-refractivity contribution in [3.8, 4) is 28.8 Å². The zero-order chi connectivity index (χ0) is 31.6. The molecule has 0 spiro atoms. The van der Waals surface area contributed by atoms with Gasteiger partial charge in [-0.15, -0.1) is 0 Å². The van der Waals surface area contributed by atoms with Crippen LogP contribution in [0, 0.1) is 17.1 Å². The maximum Gasteiger partial charge on any atom is 0.272 e. The molecule has 0 saturated carbocycles. The molecule has 2 N–H and O–H groups in total. The Morgan fingerprint density at radius 1 is 1.11 bits per heavy atom. The van der Waals surface area contributed by atoms with Crippen molar-refractivity contribution >= 4 is 22.8 Å². The molecular weight excluding hydrogens is 571 g/mol. The maximum absolute atomic E-state index is 15.6. The minimum Gasteiger partial charge on any atom is -0.457 e. The van der Waals surface area contributed by atoms with E-state index in [1.165, 1.54) is 12.4 Å². The van der Waals surface area contributed by atoms with Crippen molar-refractivity contribution in [2.24, 2.45) is 0 Å². The quantitative estimate of drug-likeness (QED) is 0.159. The Bertz CT molecular complexity index is 1830. The Kier molecular flexibility index (Phi) is 8.35. The van der Waals surface area contributed by atoms with Crippen LogP contribution in [0.15, 0.2) is 72.2 Å². The van der Waals surface area contributed by atoms with Crippen LogP contribution in [-0.2, 0) is 11.3 Å². The number of para-hydroxylation sites is 1. The second-order valence-electron chi connectivity index (χ2n) is 12.0. The molecule has 2 aliphatic rings. The highest BCUT2D eigenvalue weighted by Gasteiger charge is 2.33. The van der Waals surface area contributed by atoms with E-state index in [-0.39, 0.29) is 41.0 Å². The number of fused-ring (bicyclic) bond motifs is 1. The van der Waals surface area contributed by atoms with Crippen LogP contribution in [0.5, 0.6) is 11.5 Å². The van der Waals surface area contributed by atoms with Gasteiger partial charge in [0.25, 0.3) is 5.91 Å². The third-order valence-electron chi connectivity index (χ3n) is 8.57. The van der Waals surface area contributed by atoms with Crippen LogP contribution in [0.1, 0.15) is 39.5 Å². The van der Waals surface area contributed by atoms with Crippen molar-refractivity contribution in [3.05, 3.63) is 78.1 Å². The van der Waals surface area contributed by atoms with Gasteiger partial charge in [0.1, 0.15) is 41.2 Å². The lowest BCUT2D eigenvalue weighted by Crippen LogP contribution is -2.40. The van der Waals surface area contributed by atoms with E-state index >= 15 is 4.39 Å². The molecule has 4 heterocycles. The molecule has 0 radical (unpaired) electrons. The third-order valence-corrected chi connectivity index (χ3v) is 8.57. The molecule has 1 atom stereocenters. The molecular formula is C34H35FN8O2. The average Bonchev–Trinajstić information content (AvgIpc) is 3.80. The molecule has 0 unspecified atom stereocenters. The van der Waals surface area contributed by atoms with Gasteiger partial charge in [0.05, 0.1) is 18.0 Å². The van der Waals surface area contributed by atoms with E-state index < -0.39 is 5.82 Å². The van der Waals surface area contributed by atoms with Gasteiger partial charge >= 0.3 is 0 Å². The van der Waals surface area contributed by atoms with Crippen molar-refractivity contribution in [1.29, 1.82) is 5.26 Å². The number of hydrogen-bond donors (Lipinski definition) is 1. The van der Waals surface area contributed by atoms with Crippen molar-refractivity contribution in [2.45, 2.75) is 57.7 Å². The first kappa shape index (κ1) is 30.0. The van der Waals surface area contributed by atoms with Gasteiger partial charge in [-0.3, -0.25) is 9.69 Å². The molecule has 2 saturated heterocycles.